The highest BCUT2D eigenvalue weighted by molar-refractivity contribution is 8.26. The molecular weight excluding hydrogens is 480 g/mol. The van der Waals surface area contributed by atoms with E-state index in [4.69, 9.17) is 21.7 Å². The highest BCUT2D eigenvalue weighted by Gasteiger charge is 2.31. The third-order valence-corrected chi connectivity index (χ3v) is 7.18. The van der Waals surface area contributed by atoms with Crippen molar-refractivity contribution in [1.82, 2.24) is 9.80 Å². The third kappa shape index (κ3) is 7.32. The lowest BCUT2D eigenvalue weighted by atomic mass is 10.1. The van der Waals surface area contributed by atoms with Crippen molar-refractivity contribution in [1.29, 1.82) is 0 Å². The van der Waals surface area contributed by atoms with E-state index in [1.54, 1.807) is 19.1 Å². The number of thiocarbonyl (C=S) groups is 1. The van der Waals surface area contributed by atoms with Crippen molar-refractivity contribution in [3.63, 3.8) is 0 Å². The Kier molecular flexibility index (Phi) is 10.2. The first-order valence-electron chi connectivity index (χ1n) is 11.8. The topological polar surface area (TPSA) is 59.1 Å². The summed E-state index contributed by atoms with van der Waals surface area (Å²) in [7, 11) is 3.17. The lowest BCUT2D eigenvalue weighted by Gasteiger charge is -2.21. The summed E-state index contributed by atoms with van der Waals surface area (Å²) in [5, 5.41) is 0. The van der Waals surface area contributed by atoms with E-state index < -0.39 is 0 Å². The Hall–Kier alpha value is -2.84. The molecule has 35 heavy (non-hydrogen) atoms. The van der Waals surface area contributed by atoms with Crippen LogP contribution in [0, 0.1) is 0 Å². The summed E-state index contributed by atoms with van der Waals surface area (Å²) in [4.78, 5) is 29.7. The van der Waals surface area contributed by atoms with Crippen LogP contribution in [0.3, 0.4) is 0 Å². The predicted octanol–water partition coefficient (Wildman–Crippen LogP) is 5.51. The lowest BCUT2D eigenvalue weighted by Crippen LogP contribution is -2.30. The van der Waals surface area contributed by atoms with Crippen LogP contribution in [0.15, 0.2) is 53.4 Å². The Morgan fingerprint density at radius 1 is 1.06 bits per heavy atom. The maximum atomic E-state index is 12.9. The SMILES string of the molecule is CCN(Cc1ccccc1)C(=O)CCCCCN1C(=O)/C(=C/c2ccc(OC)c(OC)c2)SC1=S. The summed E-state index contributed by atoms with van der Waals surface area (Å²) in [5.41, 5.74) is 1.98. The molecule has 0 aromatic heterocycles. The first-order chi connectivity index (χ1) is 17.0. The molecule has 1 fully saturated rings. The molecule has 1 aliphatic rings. The number of thioether (sulfide) groups is 1. The molecule has 0 atom stereocenters. The van der Waals surface area contributed by atoms with Crippen molar-refractivity contribution in [2.75, 3.05) is 27.3 Å². The molecule has 8 heteroatoms. The minimum absolute atomic E-state index is 0.0779. The summed E-state index contributed by atoms with van der Waals surface area (Å²) in [6.07, 6.45) is 4.79. The van der Waals surface area contributed by atoms with Crippen LogP contribution in [0.5, 0.6) is 11.5 Å². The summed E-state index contributed by atoms with van der Waals surface area (Å²) >= 11 is 6.76. The molecule has 0 spiro atoms. The van der Waals surface area contributed by atoms with Crippen molar-refractivity contribution < 1.29 is 19.1 Å². The second-order valence-corrected chi connectivity index (χ2v) is 9.83. The van der Waals surface area contributed by atoms with Gasteiger partial charge < -0.3 is 14.4 Å². The van der Waals surface area contributed by atoms with Crippen LogP contribution >= 0.6 is 24.0 Å². The second-order valence-electron chi connectivity index (χ2n) is 8.15. The van der Waals surface area contributed by atoms with E-state index in [0.29, 0.717) is 46.8 Å². The quantitative estimate of drug-likeness (QED) is 0.212. The molecule has 2 amide bonds. The largest absolute Gasteiger partial charge is 0.493 e. The molecule has 0 unspecified atom stereocenters. The van der Waals surface area contributed by atoms with Gasteiger partial charge in [-0.05, 0) is 49.1 Å². The number of methoxy groups -OCH3 is 2. The molecule has 0 saturated carbocycles. The summed E-state index contributed by atoms with van der Waals surface area (Å²) < 4.78 is 11.2. The molecule has 0 bridgehead atoms. The lowest BCUT2D eigenvalue weighted by molar-refractivity contribution is -0.131. The number of hydrogen-bond acceptors (Lipinski definition) is 6. The normalized spacial score (nSPS) is 14.5. The van der Waals surface area contributed by atoms with Crippen LogP contribution in [0.1, 0.15) is 43.7 Å². The Balaban J connectivity index is 1.46. The van der Waals surface area contributed by atoms with E-state index in [9.17, 15) is 9.59 Å². The number of ether oxygens (including phenoxy) is 2. The predicted molar refractivity (Wildman–Crippen MR) is 145 cm³/mol. The first-order valence-corrected chi connectivity index (χ1v) is 13.0. The molecule has 3 rings (SSSR count). The Morgan fingerprint density at radius 3 is 2.49 bits per heavy atom. The van der Waals surface area contributed by atoms with Gasteiger partial charge in [-0.1, -0.05) is 66.8 Å². The number of carbonyl (C=O) groups is 2. The molecule has 2 aromatic rings. The van der Waals surface area contributed by atoms with Crippen molar-refractivity contribution in [3.05, 3.63) is 64.6 Å². The average Bonchev–Trinajstić information content (AvgIpc) is 3.14. The van der Waals surface area contributed by atoms with Crippen LogP contribution in [0.25, 0.3) is 6.08 Å². The molecule has 186 valence electrons. The fourth-order valence-electron chi connectivity index (χ4n) is 3.85. The molecule has 1 aliphatic heterocycles. The maximum Gasteiger partial charge on any atom is 0.266 e. The van der Waals surface area contributed by atoms with Gasteiger partial charge in [0.15, 0.2) is 11.5 Å². The first kappa shape index (κ1) is 26.8. The van der Waals surface area contributed by atoms with Gasteiger partial charge in [0.1, 0.15) is 4.32 Å². The molecule has 6 nitrogen and oxygen atoms in total. The molecular formula is C27H32N2O4S2. The number of benzene rings is 2. The molecule has 1 heterocycles. The summed E-state index contributed by atoms with van der Waals surface area (Å²) in [6, 6.07) is 15.6. The van der Waals surface area contributed by atoms with Gasteiger partial charge in [0.25, 0.3) is 5.91 Å². The van der Waals surface area contributed by atoms with Gasteiger partial charge in [-0.15, -0.1) is 0 Å². The zero-order valence-electron chi connectivity index (χ0n) is 20.5. The molecule has 0 aliphatic carbocycles. The zero-order valence-corrected chi connectivity index (χ0v) is 22.1. The van der Waals surface area contributed by atoms with Crippen LogP contribution in [-0.4, -0.2) is 53.2 Å². The highest BCUT2D eigenvalue weighted by Crippen LogP contribution is 2.34. The molecule has 2 aromatic carbocycles. The van der Waals surface area contributed by atoms with Gasteiger partial charge >= 0.3 is 0 Å². The second kappa shape index (κ2) is 13.3. The number of amides is 2. The van der Waals surface area contributed by atoms with E-state index >= 15 is 0 Å². The van der Waals surface area contributed by atoms with Crippen LogP contribution in [0.4, 0.5) is 0 Å². The fraction of sp³-hybridized carbons (Fsp3) is 0.370. The van der Waals surface area contributed by atoms with E-state index in [1.165, 1.54) is 11.8 Å². The standard InChI is InChI=1S/C27H32N2O4S2/c1-4-28(19-20-11-7-5-8-12-20)25(30)13-9-6-10-16-29-26(31)24(35-27(29)34)18-21-14-15-22(32-2)23(17-21)33-3/h5,7-8,11-12,14-15,17-18H,4,6,9-10,13,16,19H2,1-3H3/b24-18-. The third-order valence-electron chi connectivity index (χ3n) is 5.80. The summed E-state index contributed by atoms with van der Waals surface area (Å²) in [6.45, 7) is 3.89. The molecule has 0 N–H and O–H groups in total. The van der Waals surface area contributed by atoms with Crippen molar-refractivity contribution in [2.45, 2.75) is 39.2 Å². The number of unbranched alkanes of at least 4 members (excludes halogenated alkanes) is 2. The average molecular weight is 513 g/mol. The summed E-state index contributed by atoms with van der Waals surface area (Å²) in [5.74, 6) is 1.33. The smallest absolute Gasteiger partial charge is 0.266 e. The van der Waals surface area contributed by atoms with Crippen LogP contribution in [-0.2, 0) is 16.1 Å². The fourth-order valence-corrected chi connectivity index (χ4v) is 5.16. The van der Waals surface area contributed by atoms with Gasteiger partial charge in [-0.3, -0.25) is 14.5 Å². The van der Waals surface area contributed by atoms with Crippen molar-refractivity contribution >= 4 is 46.2 Å². The molecule has 1 saturated heterocycles. The molecule has 0 radical (unpaired) electrons. The zero-order chi connectivity index (χ0) is 25.2. The van der Waals surface area contributed by atoms with E-state index in [2.05, 4.69) is 0 Å². The van der Waals surface area contributed by atoms with E-state index in [1.807, 2.05) is 66.4 Å². The van der Waals surface area contributed by atoms with Crippen LogP contribution in [0.2, 0.25) is 0 Å². The number of carbonyl (C=O) groups excluding carboxylic acids is 2. The van der Waals surface area contributed by atoms with Crippen LogP contribution < -0.4 is 9.47 Å². The van der Waals surface area contributed by atoms with Gasteiger partial charge in [0, 0.05) is 26.1 Å². The van der Waals surface area contributed by atoms with E-state index in [0.717, 1.165) is 30.4 Å². The van der Waals surface area contributed by atoms with Gasteiger partial charge in [0.2, 0.25) is 5.91 Å². The number of hydrogen-bond donors (Lipinski definition) is 0. The highest BCUT2D eigenvalue weighted by atomic mass is 32.2. The minimum atomic E-state index is -0.0779. The number of rotatable bonds is 12. The Morgan fingerprint density at radius 2 is 1.80 bits per heavy atom. The van der Waals surface area contributed by atoms with Gasteiger partial charge in [-0.2, -0.15) is 0 Å². The van der Waals surface area contributed by atoms with Gasteiger partial charge in [-0.25, -0.2) is 0 Å². The van der Waals surface area contributed by atoms with Gasteiger partial charge in [0.05, 0.1) is 19.1 Å². The maximum absolute atomic E-state index is 12.9. The Labute approximate surface area is 217 Å². The Bertz CT molecular complexity index is 1070. The monoisotopic (exact) mass is 512 g/mol. The number of nitrogens with zero attached hydrogens (tertiary/aromatic N) is 2. The van der Waals surface area contributed by atoms with Crippen molar-refractivity contribution in [2.24, 2.45) is 0 Å². The van der Waals surface area contributed by atoms with Crippen molar-refractivity contribution in [3.8, 4) is 11.5 Å². The van der Waals surface area contributed by atoms with E-state index in [-0.39, 0.29) is 11.8 Å². The minimum Gasteiger partial charge on any atom is -0.493 e.